The highest BCUT2D eigenvalue weighted by molar-refractivity contribution is 5.83. The van der Waals surface area contributed by atoms with Crippen LogP contribution in [0, 0.1) is 30.9 Å². The molecule has 5 rings (SSSR count). The quantitative estimate of drug-likeness (QED) is 0.472. The van der Waals surface area contributed by atoms with Gasteiger partial charge in [-0.2, -0.15) is 0 Å². The SMILES string of the molecule is [2H]C([2H])([2H])c1nc2n(c(=O)c1CCN1CCC(c3noc4cc(F)cc(C)c34)CC1(C)C)CC(C)(C)C(C)C2. The molecule has 2 unspecified atom stereocenters. The van der Waals surface area contributed by atoms with Crippen molar-refractivity contribution in [1.29, 1.82) is 0 Å². The Bertz CT molecular complexity index is 1470. The number of fused-ring (bicyclic) bond motifs is 2. The lowest BCUT2D eigenvalue weighted by Gasteiger charge is -2.45. The highest BCUT2D eigenvalue weighted by Crippen LogP contribution is 2.40. The zero-order valence-corrected chi connectivity index (χ0v) is 22.2. The predicted octanol–water partition coefficient (Wildman–Crippen LogP) is 5.56. The molecule has 2 aliphatic heterocycles. The number of piperidine rings is 1. The fourth-order valence-corrected chi connectivity index (χ4v) is 6.17. The summed E-state index contributed by atoms with van der Waals surface area (Å²) >= 11 is 0. The Hall–Kier alpha value is -2.54. The third-order valence-corrected chi connectivity index (χ3v) is 8.86. The van der Waals surface area contributed by atoms with Gasteiger partial charge in [-0.1, -0.05) is 25.9 Å². The van der Waals surface area contributed by atoms with Crippen LogP contribution in [0.5, 0.6) is 0 Å². The van der Waals surface area contributed by atoms with Crippen molar-refractivity contribution in [3.63, 3.8) is 0 Å². The summed E-state index contributed by atoms with van der Waals surface area (Å²) in [6, 6.07) is 2.90. The van der Waals surface area contributed by atoms with E-state index < -0.39 is 6.85 Å². The van der Waals surface area contributed by atoms with E-state index in [1.165, 1.54) is 12.1 Å². The molecule has 0 radical (unpaired) electrons. The lowest BCUT2D eigenvalue weighted by Crippen LogP contribution is -2.50. The third-order valence-electron chi connectivity index (χ3n) is 8.86. The van der Waals surface area contributed by atoms with E-state index in [4.69, 9.17) is 8.64 Å². The van der Waals surface area contributed by atoms with Crippen LogP contribution in [0.3, 0.4) is 0 Å². The van der Waals surface area contributed by atoms with E-state index >= 15 is 0 Å². The van der Waals surface area contributed by atoms with Gasteiger partial charge in [0.25, 0.3) is 5.56 Å². The number of rotatable bonds is 4. The third kappa shape index (κ3) is 4.29. The van der Waals surface area contributed by atoms with Crippen molar-refractivity contribution >= 4 is 11.0 Å². The molecule has 1 saturated heterocycles. The lowest BCUT2D eigenvalue weighted by atomic mass is 9.75. The molecule has 0 bridgehead atoms. The van der Waals surface area contributed by atoms with Crippen molar-refractivity contribution in [1.82, 2.24) is 19.6 Å². The summed E-state index contributed by atoms with van der Waals surface area (Å²) in [5.41, 5.74) is 1.91. The Morgan fingerprint density at radius 2 is 2.06 bits per heavy atom. The average Bonchev–Trinajstić information content (AvgIpc) is 3.23. The fraction of sp³-hybridized carbons (Fsp3) is 0.621. The van der Waals surface area contributed by atoms with Gasteiger partial charge in [0.05, 0.1) is 5.69 Å². The molecule has 0 aliphatic carbocycles. The first kappa shape index (κ1) is 21.5. The molecule has 2 aromatic heterocycles. The molecule has 2 aliphatic rings. The Balaban J connectivity index is 1.39. The molecule has 2 atom stereocenters. The number of hydrogen-bond donors (Lipinski definition) is 0. The van der Waals surface area contributed by atoms with Gasteiger partial charge in [0.1, 0.15) is 11.6 Å². The van der Waals surface area contributed by atoms with Gasteiger partial charge < -0.3 is 4.52 Å². The molecule has 0 N–H and O–H groups in total. The minimum absolute atomic E-state index is 0.0462. The normalized spacial score (nSPS) is 25.2. The van der Waals surface area contributed by atoms with Crippen LogP contribution in [-0.2, 0) is 19.4 Å². The van der Waals surface area contributed by atoms with E-state index in [1.54, 1.807) is 4.57 Å². The summed E-state index contributed by atoms with van der Waals surface area (Å²) in [5, 5.41) is 5.23. The molecular formula is C29H39FN4O2. The molecule has 36 heavy (non-hydrogen) atoms. The van der Waals surface area contributed by atoms with E-state index in [1.807, 2.05) is 6.92 Å². The molecule has 0 saturated carbocycles. The zero-order chi connectivity index (χ0) is 28.5. The van der Waals surface area contributed by atoms with Gasteiger partial charge in [0.15, 0.2) is 5.58 Å². The number of nitrogens with zero attached hydrogens (tertiary/aromatic N) is 4. The second-order valence-electron chi connectivity index (χ2n) is 12.2. The van der Waals surface area contributed by atoms with Crippen LogP contribution in [0.4, 0.5) is 4.39 Å². The molecule has 1 fully saturated rings. The van der Waals surface area contributed by atoms with E-state index in [0.717, 1.165) is 36.0 Å². The summed E-state index contributed by atoms with van der Waals surface area (Å²) in [7, 11) is 0. The van der Waals surface area contributed by atoms with E-state index in [2.05, 4.69) is 49.7 Å². The van der Waals surface area contributed by atoms with Gasteiger partial charge in [-0.05, 0) is 76.4 Å². The first-order valence-electron chi connectivity index (χ1n) is 14.5. The van der Waals surface area contributed by atoms with Crippen LogP contribution in [0.1, 0.15) is 85.8 Å². The Kier molecular flexibility index (Phi) is 5.26. The van der Waals surface area contributed by atoms with E-state index in [-0.39, 0.29) is 33.9 Å². The topological polar surface area (TPSA) is 64.2 Å². The fourth-order valence-electron chi connectivity index (χ4n) is 6.17. The largest absolute Gasteiger partial charge is 0.356 e. The van der Waals surface area contributed by atoms with Crippen molar-refractivity contribution in [3.8, 4) is 0 Å². The second-order valence-corrected chi connectivity index (χ2v) is 12.2. The zero-order valence-electron chi connectivity index (χ0n) is 25.2. The second kappa shape index (κ2) is 8.79. The lowest BCUT2D eigenvalue weighted by molar-refractivity contribution is 0.0652. The summed E-state index contributed by atoms with van der Waals surface area (Å²) in [6.45, 7) is 12.0. The standard InChI is InChI=1S/C29H39FN4O2/c1-17-12-21(30)14-23-25(17)26(32-36-23)20-8-10-33(29(6,7)15-20)11-9-22-19(3)31-24-13-18(2)28(4,5)16-34(24)27(22)35/h12,14,18,20H,8-11,13,15-16H2,1-7H3/i3D3. The number of aromatic nitrogens is 3. The van der Waals surface area contributed by atoms with Gasteiger partial charge in [0.2, 0.25) is 0 Å². The van der Waals surface area contributed by atoms with Gasteiger partial charge in [-0.25, -0.2) is 9.37 Å². The summed E-state index contributed by atoms with van der Waals surface area (Å²) in [6.07, 6.45) is 2.57. The minimum Gasteiger partial charge on any atom is -0.356 e. The maximum Gasteiger partial charge on any atom is 0.257 e. The summed E-state index contributed by atoms with van der Waals surface area (Å²) in [5.74, 6) is 0.698. The van der Waals surface area contributed by atoms with Gasteiger partial charge in [-0.3, -0.25) is 14.3 Å². The van der Waals surface area contributed by atoms with Crippen LogP contribution in [0.25, 0.3) is 11.0 Å². The van der Waals surface area contributed by atoms with Gasteiger partial charge in [0, 0.05) is 57.8 Å². The first-order chi connectivity index (χ1) is 18.1. The Labute approximate surface area is 217 Å². The summed E-state index contributed by atoms with van der Waals surface area (Å²) < 4.78 is 45.5. The number of halogens is 1. The van der Waals surface area contributed by atoms with E-state index in [0.29, 0.717) is 48.8 Å². The minimum atomic E-state index is -2.45. The highest BCUT2D eigenvalue weighted by atomic mass is 19.1. The van der Waals surface area contributed by atoms with Crippen molar-refractivity contribution in [2.24, 2.45) is 11.3 Å². The Morgan fingerprint density at radius 3 is 2.78 bits per heavy atom. The van der Waals surface area contributed by atoms with Crippen LogP contribution < -0.4 is 5.56 Å². The Morgan fingerprint density at radius 1 is 1.28 bits per heavy atom. The number of aryl methyl sites for hydroxylation is 2. The molecular weight excluding hydrogens is 455 g/mol. The molecule has 3 aromatic rings. The van der Waals surface area contributed by atoms with Crippen LogP contribution in [0.15, 0.2) is 21.5 Å². The smallest absolute Gasteiger partial charge is 0.257 e. The number of benzene rings is 1. The highest BCUT2D eigenvalue weighted by Gasteiger charge is 2.38. The van der Waals surface area contributed by atoms with E-state index in [9.17, 15) is 9.18 Å². The molecule has 7 heteroatoms. The van der Waals surface area contributed by atoms with Crippen molar-refractivity contribution in [2.45, 2.75) is 92.1 Å². The maximum atomic E-state index is 13.9. The van der Waals surface area contributed by atoms with Gasteiger partial charge in [-0.15, -0.1) is 0 Å². The molecule has 6 nitrogen and oxygen atoms in total. The molecule has 0 amide bonds. The number of hydrogen-bond acceptors (Lipinski definition) is 5. The molecule has 0 spiro atoms. The van der Waals surface area contributed by atoms with Gasteiger partial charge >= 0.3 is 0 Å². The van der Waals surface area contributed by atoms with Crippen molar-refractivity contribution < 1.29 is 13.0 Å². The van der Waals surface area contributed by atoms with Crippen molar-refractivity contribution in [2.75, 3.05) is 13.1 Å². The maximum absolute atomic E-state index is 13.9. The van der Waals surface area contributed by atoms with Crippen LogP contribution >= 0.6 is 0 Å². The van der Waals surface area contributed by atoms with Crippen molar-refractivity contribution in [3.05, 3.63) is 56.6 Å². The van der Waals surface area contributed by atoms with Crippen LogP contribution in [-0.4, -0.2) is 38.2 Å². The first-order valence-corrected chi connectivity index (χ1v) is 13.0. The average molecular weight is 498 g/mol. The summed E-state index contributed by atoms with van der Waals surface area (Å²) in [4.78, 5) is 20.6. The van der Waals surface area contributed by atoms with Crippen LogP contribution in [0.2, 0.25) is 0 Å². The predicted molar refractivity (Wildman–Crippen MR) is 140 cm³/mol. The number of likely N-dealkylation sites (tertiary alicyclic amines) is 1. The monoisotopic (exact) mass is 497 g/mol. The molecule has 194 valence electrons. The molecule has 4 heterocycles. The molecule has 1 aromatic carbocycles.